The highest BCUT2D eigenvalue weighted by atomic mass is 16.6. The molecule has 0 bridgehead atoms. The normalized spacial score (nSPS) is 16.5. The molecule has 1 saturated heterocycles. The van der Waals surface area contributed by atoms with Crippen LogP contribution in [0, 0.1) is 27.7 Å². The first-order chi connectivity index (χ1) is 12.2. The topological polar surface area (TPSA) is 31.0 Å². The van der Waals surface area contributed by atoms with Gasteiger partial charge in [-0.15, -0.1) is 0 Å². The van der Waals surface area contributed by atoms with Gasteiger partial charge in [-0.1, -0.05) is 32.0 Å². The van der Waals surface area contributed by atoms with Gasteiger partial charge < -0.3 is 14.2 Å². The summed E-state index contributed by atoms with van der Waals surface area (Å²) < 4.78 is 16.7. The van der Waals surface area contributed by atoms with Gasteiger partial charge in [-0.05, 0) is 67.1 Å². The van der Waals surface area contributed by atoms with E-state index in [1.54, 1.807) is 7.11 Å². The van der Waals surface area contributed by atoms with E-state index in [-0.39, 0.29) is 11.5 Å². The quantitative estimate of drug-likeness (QED) is 0.682. The summed E-state index contributed by atoms with van der Waals surface area (Å²) in [7, 11) is 1.73. The summed E-state index contributed by atoms with van der Waals surface area (Å²) >= 11 is 0. The highest BCUT2D eigenvalue weighted by Crippen LogP contribution is 2.39. The molecule has 26 heavy (non-hydrogen) atoms. The molecule has 1 fully saturated rings. The van der Waals surface area contributed by atoms with Crippen molar-refractivity contribution < 1.29 is 14.2 Å². The lowest BCUT2D eigenvalue weighted by Crippen LogP contribution is -2.21. The summed E-state index contributed by atoms with van der Waals surface area (Å²) in [4.78, 5) is 0. The minimum atomic E-state index is -0.102. The predicted octanol–water partition coefficient (Wildman–Crippen LogP) is 5.03. The van der Waals surface area contributed by atoms with Crippen molar-refractivity contribution in [2.45, 2.75) is 53.1 Å². The summed E-state index contributed by atoms with van der Waals surface area (Å²) in [6.45, 7) is 14.5. The summed E-state index contributed by atoms with van der Waals surface area (Å²) in [5, 5.41) is 0. The molecule has 140 valence electrons. The van der Waals surface area contributed by atoms with E-state index >= 15 is 0 Å². The van der Waals surface area contributed by atoms with Crippen LogP contribution in [0.2, 0.25) is 0 Å². The zero-order valence-corrected chi connectivity index (χ0v) is 17.0. The first kappa shape index (κ1) is 18.8. The summed E-state index contributed by atoms with van der Waals surface area (Å²) in [5.41, 5.74) is 7.30. The van der Waals surface area contributed by atoms with Crippen LogP contribution in [0.4, 0.5) is 0 Å². The Kier molecular flexibility index (Phi) is 5.03. The molecule has 0 amide bonds. The predicted molar refractivity (Wildman–Crippen MR) is 106 cm³/mol. The van der Waals surface area contributed by atoms with Gasteiger partial charge in [-0.3, -0.25) is 0 Å². The molecule has 1 aliphatic heterocycles. The summed E-state index contributed by atoms with van der Waals surface area (Å²) in [6, 6.07) is 8.91. The average Bonchev–Trinajstić information content (AvgIpc) is 3.39. The van der Waals surface area contributed by atoms with Crippen molar-refractivity contribution in [2.75, 3.05) is 20.3 Å². The minimum Gasteiger partial charge on any atom is -0.496 e. The van der Waals surface area contributed by atoms with Crippen LogP contribution in [0.5, 0.6) is 11.5 Å². The van der Waals surface area contributed by atoms with Crippen molar-refractivity contribution in [3.63, 3.8) is 0 Å². The molecule has 0 N–H and O–H groups in total. The van der Waals surface area contributed by atoms with Gasteiger partial charge in [-0.2, -0.15) is 0 Å². The number of hydrogen-bond donors (Lipinski definition) is 0. The molecule has 2 aromatic carbocycles. The van der Waals surface area contributed by atoms with Crippen LogP contribution in [0.15, 0.2) is 24.3 Å². The standard InChI is InChI=1S/C23H30O3/c1-14-11-21(24-7)15(2)10-20(14)23(5,6)18-8-16(3)22(17(4)9-18)26-13-19-12-25-19/h8-11,19H,12-13H2,1-7H3. The van der Waals surface area contributed by atoms with Crippen molar-refractivity contribution in [2.24, 2.45) is 0 Å². The van der Waals surface area contributed by atoms with Crippen molar-refractivity contribution >= 4 is 0 Å². The molecule has 1 unspecified atom stereocenters. The van der Waals surface area contributed by atoms with Crippen LogP contribution in [0.1, 0.15) is 47.2 Å². The number of epoxide rings is 1. The maximum Gasteiger partial charge on any atom is 0.125 e. The van der Waals surface area contributed by atoms with E-state index in [4.69, 9.17) is 14.2 Å². The van der Waals surface area contributed by atoms with Crippen molar-refractivity contribution in [3.8, 4) is 11.5 Å². The molecule has 0 radical (unpaired) electrons. The van der Waals surface area contributed by atoms with Crippen LogP contribution < -0.4 is 9.47 Å². The van der Waals surface area contributed by atoms with E-state index in [1.165, 1.54) is 33.4 Å². The second-order valence-electron chi connectivity index (χ2n) is 7.97. The van der Waals surface area contributed by atoms with Gasteiger partial charge in [0.15, 0.2) is 0 Å². The number of hydrogen-bond acceptors (Lipinski definition) is 3. The third-order valence-corrected chi connectivity index (χ3v) is 5.41. The van der Waals surface area contributed by atoms with Crippen molar-refractivity contribution in [1.82, 2.24) is 0 Å². The van der Waals surface area contributed by atoms with E-state index in [9.17, 15) is 0 Å². The molecule has 0 aromatic heterocycles. The molecule has 3 heteroatoms. The van der Waals surface area contributed by atoms with Gasteiger partial charge in [0.2, 0.25) is 0 Å². The molecule has 1 aliphatic rings. The Labute approximate surface area is 157 Å². The van der Waals surface area contributed by atoms with E-state index in [1.807, 2.05) is 0 Å². The van der Waals surface area contributed by atoms with E-state index in [0.29, 0.717) is 6.61 Å². The second kappa shape index (κ2) is 6.96. The first-order valence-electron chi connectivity index (χ1n) is 9.26. The van der Waals surface area contributed by atoms with Crippen molar-refractivity contribution in [1.29, 1.82) is 0 Å². The zero-order valence-electron chi connectivity index (χ0n) is 17.0. The molecular formula is C23H30O3. The second-order valence-corrected chi connectivity index (χ2v) is 7.97. The maximum atomic E-state index is 6.00. The van der Waals surface area contributed by atoms with E-state index in [0.717, 1.165) is 18.1 Å². The fraction of sp³-hybridized carbons (Fsp3) is 0.478. The lowest BCUT2D eigenvalue weighted by Gasteiger charge is -2.30. The zero-order chi connectivity index (χ0) is 19.1. The van der Waals surface area contributed by atoms with Gasteiger partial charge in [-0.25, -0.2) is 0 Å². The van der Waals surface area contributed by atoms with Crippen LogP contribution in [-0.2, 0) is 10.2 Å². The highest BCUT2D eigenvalue weighted by molar-refractivity contribution is 5.52. The lowest BCUT2D eigenvalue weighted by atomic mass is 9.75. The number of aryl methyl sites for hydroxylation is 4. The third-order valence-electron chi connectivity index (χ3n) is 5.41. The molecule has 2 aromatic rings. The smallest absolute Gasteiger partial charge is 0.125 e. The van der Waals surface area contributed by atoms with Crippen molar-refractivity contribution in [3.05, 3.63) is 57.6 Å². The number of benzene rings is 2. The van der Waals surface area contributed by atoms with Gasteiger partial charge in [0.05, 0.1) is 13.7 Å². The molecule has 1 heterocycles. The molecule has 0 spiro atoms. The summed E-state index contributed by atoms with van der Waals surface area (Å²) in [6.07, 6.45) is 0.273. The van der Waals surface area contributed by atoms with Gasteiger partial charge >= 0.3 is 0 Å². The molecule has 1 atom stereocenters. The van der Waals surface area contributed by atoms with Crippen LogP contribution in [-0.4, -0.2) is 26.4 Å². The maximum absolute atomic E-state index is 6.00. The van der Waals surface area contributed by atoms with Gasteiger partial charge in [0.1, 0.15) is 24.2 Å². The Balaban J connectivity index is 1.97. The van der Waals surface area contributed by atoms with E-state index < -0.39 is 0 Å². The molecular weight excluding hydrogens is 324 g/mol. The van der Waals surface area contributed by atoms with Gasteiger partial charge in [0.25, 0.3) is 0 Å². The Morgan fingerprint density at radius 2 is 1.58 bits per heavy atom. The van der Waals surface area contributed by atoms with Gasteiger partial charge in [0, 0.05) is 5.41 Å². The Bertz CT molecular complexity index is 793. The van der Waals surface area contributed by atoms with Crippen LogP contribution in [0.3, 0.4) is 0 Å². The first-order valence-corrected chi connectivity index (χ1v) is 9.26. The third kappa shape index (κ3) is 3.59. The largest absolute Gasteiger partial charge is 0.496 e. The Hall–Kier alpha value is -2.00. The number of ether oxygens (including phenoxy) is 3. The SMILES string of the molecule is COc1cc(C)c(C(C)(C)c2cc(C)c(OCC3CO3)c(C)c2)cc1C. The Morgan fingerprint density at radius 3 is 2.12 bits per heavy atom. The monoisotopic (exact) mass is 354 g/mol. The lowest BCUT2D eigenvalue weighted by molar-refractivity contribution is 0.260. The molecule has 3 rings (SSSR count). The average molecular weight is 354 g/mol. The number of rotatable bonds is 6. The summed E-state index contributed by atoms with van der Waals surface area (Å²) in [5.74, 6) is 1.93. The highest BCUT2D eigenvalue weighted by Gasteiger charge is 2.28. The molecule has 0 saturated carbocycles. The van der Waals surface area contributed by atoms with Crippen LogP contribution in [0.25, 0.3) is 0 Å². The van der Waals surface area contributed by atoms with E-state index in [2.05, 4.69) is 65.8 Å². The molecule has 0 aliphatic carbocycles. The Morgan fingerprint density at radius 1 is 0.962 bits per heavy atom. The fourth-order valence-electron chi connectivity index (χ4n) is 3.72. The fourth-order valence-corrected chi connectivity index (χ4v) is 3.72. The number of methoxy groups -OCH3 is 1. The van der Waals surface area contributed by atoms with Crippen LogP contribution >= 0.6 is 0 Å². The molecule has 3 nitrogen and oxygen atoms in total. The minimum absolute atomic E-state index is 0.102.